The molecule has 42 heavy (non-hydrogen) atoms. The van der Waals surface area contributed by atoms with Gasteiger partial charge in [-0.05, 0) is 39.8 Å². The van der Waals surface area contributed by atoms with Gasteiger partial charge in [0.15, 0.2) is 28.9 Å². The number of carbonyl (C=O) groups is 1. The van der Waals surface area contributed by atoms with Crippen molar-refractivity contribution in [2.75, 3.05) is 38.0 Å². The van der Waals surface area contributed by atoms with Gasteiger partial charge in [-0.2, -0.15) is 15.1 Å². The Hall–Kier alpha value is -3.36. The van der Waals surface area contributed by atoms with Gasteiger partial charge in [0, 0.05) is 21.1 Å². The van der Waals surface area contributed by atoms with E-state index in [1.807, 2.05) is 0 Å². The van der Waals surface area contributed by atoms with Gasteiger partial charge in [0.2, 0.25) is 5.95 Å². The van der Waals surface area contributed by atoms with Gasteiger partial charge in [-0.1, -0.05) is 18.2 Å². The molecule has 2 unspecified atom stereocenters. The third-order valence-electron chi connectivity index (χ3n) is 6.45. The van der Waals surface area contributed by atoms with Crippen LogP contribution in [0.2, 0.25) is 0 Å². The van der Waals surface area contributed by atoms with Crippen LogP contribution in [0.5, 0.6) is 5.75 Å². The van der Waals surface area contributed by atoms with E-state index < -0.39 is 56.6 Å². The van der Waals surface area contributed by atoms with Crippen LogP contribution in [0.25, 0.3) is 11.2 Å². The number of anilines is 2. The van der Waals surface area contributed by atoms with Crippen molar-refractivity contribution in [3.05, 3.63) is 36.7 Å². The van der Waals surface area contributed by atoms with Crippen molar-refractivity contribution < 1.29 is 37.4 Å². The summed E-state index contributed by atoms with van der Waals surface area (Å²) >= 11 is 0. The molecule has 3 N–H and O–H groups in total. The van der Waals surface area contributed by atoms with Crippen LogP contribution >= 0.6 is 7.75 Å². The van der Waals surface area contributed by atoms with Gasteiger partial charge in [0.05, 0.1) is 19.0 Å². The second-order valence-electron chi connectivity index (χ2n) is 10.5. The zero-order valence-electron chi connectivity index (χ0n) is 24.5. The third-order valence-corrected chi connectivity index (χ3v) is 8.10. The van der Waals surface area contributed by atoms with Crippen molar-refractivity contribution in [1.82, 2.24) is 24.6 Å². The Morgan fingerprint density at radius 3 is 2.57 bits per heavy atom. The van der Waals surface area contributed by atoms with Gasteiger partial charge in [-0.25, -0.2) is 13.9 Å². The first-order valence-corrected chi connectivity index (χ1v) is 14.9. The number of nitrogens with one attached hydrogen (secondary N) is 2. The van der Waals surface area contributed by atoms with E-state index in [9.17, 15) is 14.5 Å². The van der Waals surface area contributed by atoms with Gasteiger partial charge < -0.3 is 29.3 Å². The molecule has 1 aliphatic rings. The van der Waals surface area contributed by atoms with Crippen molar-refractivity contribution in [3.8, 4) is 5.75 Å². The second kappa shape index (κ2) is 12.5. The number of alkyl halides is 1. The number of aliphatic hydroxyl groups excluding tert-OH is 1. The van der Waals surface area contributed by atoms with E-state index in [1.165, 1.54) is 24.7 Å². The number of fused-ring (bicyclic) bond motifs is 1. The molecular formula is C26H37FN7O7P. The van der Waals surface area contributed by atoms with Crippen LogP contribution in [-0.4, -0.2) is 88.4 Å². The highest BCUT2D eigenvalue weighted by Gasteiger charge is 2.56. The first-order chi connectivity index (χ1) is 19.8. The van der Waals surface area contributed by atoms with E-state index in [0.29, 0.717) is 11.3 Å². The van der Waals surface area contributed by atoms with Crippen LogP contribution in [0, 0.1) is 0 Å². The fourth-order valence-electron chi connectivity index (χ4n) is 4.35. The normalized spacial score (nSPS) is 24.4. The molecule has 4 rings (SSSR count). The van der Waals surface area contributed by atoms with Crippen molar-refractivity contribution in [1.29, 1.82) is 0 Å². The Morgan fingerprint density at radius 2 is 1.95 bits per heavy atom. The summed E-state index contributed by atoms with van der Waals surface area (Å²) in [6.07, 6.45) is -3.40. The summed E-state index contributed by atoms with van der Waals surface area (Å²) in [4.78, 5) is 27.4. The zero-order valence-corrected chi connectivity index (χ0v) is 25.4. The number of hydrogen-bond acceptors (Lipinski definition) is 12. The molecule has 0 radical (unpaired) electrons. The van der Waals surface area contributed by atoms with E-state index in [1.54, 1.807) is 70.2 Å². The number of halogens is 1. The molecule has 1 aromatic carbocycles. The van der Waals surface area contributed by atoms with Crippen LogP contribution in [0.1, 0.15) is 33.9 Å². The molecule has 0 spiro atoms. The molecule has 230 valence electrons. The van der Waals surface area contributed by atoms with Crippen molar-refractivity contribution in [2.24, 2.45) is 0 Å². The summed E-state index contributed by atoms with van der Waals surface area (Å²) in [7, 11) is 0.944. The monoisotopic (exact) mass is 609 g/mol. The minimum Gasteiger partial charge on any atom is -0.462 e. The van der Waals surface area contributed by atoms with E-state index in [-0.39, 0.29) is 17.3 Å². The van der Waals surface area contributed by atoms with Crippen molar-refractivity contribution >= 4 is 36.6 Å². The number of esters is 1. The van der Waals surface area contributed by atoms with Crippen LogP contribution in [0.15, 0.2) is 36.7 Å². The fraction of sp³-hybridized carbons (Fsp3) is 0.538. The lowest BCUT2D eigenvalue weighted by Gasteiger charge is -2.25. The predicted molar refractivity (Wildman–Crippen MR) is 153 cm³/mol. The standard InChI is InChI=1S/C26H37FN7O7P/c1-15(2)39-23(36)16(3)32-42(37,41-17-11-9-8-10-12-17)38-13-18-20(35)26(4,27)24(40-18)34-14-29-19-21(33(6)7)30-25(28-5)31-22(19)34/h8-12,14-16,18,20,24,35H,13H2,1-7H3,(H,32,37)(H,28,30,31)/t16-,18?,20+,24+,26+,42?/m0/s1. The lowest BCUT2D eigenvalue weighted by molar-refractivity contribution is -0.149. The van der Waals surface area contributed by atoms with Crippen LogP contribution < -0.4 is 19.8 Å². The number of aromatic nitrogens is 4. The Balaban J connectivity index is 1.59. The summed E-state index contributed by atoms with van der Waals surface area (Å²) in [5.41, 5.74) is -1.66. The number of hydrogen-bond donors (Lipinski definition) is 3. The SMILES string of the molecule is CNc1nc(N(C)C)c2ncn([C@@H]3OC(COP(=O)(N[C@@H](C)C(=O)OC(C)C)Oc4ccccc4)[C@@H](O)[C@@]3(C)F)c2n1. The van der Waals surface area contributed by atoms with Gasteiger partial charge in [0.25, 0.3) is 0 Å². The maximum absolute atomic E-state index is 16.1. The van der Waals surface area contributed by atoms with Gasteiger partial charge in [0.1, 0.15) is 24.0 Å². The molecule has 0 amide bonds. The number of nitrogens with zero attached hydrogens (tertiary/aromatic N) is 5. The molecule has 3 aromatic rings. The summed E-state index contributed by atoms with van der Waals surface area (Å²) in [5, 5.41) is 16.4. The summed E-state index contributed by atoms with van der Waals surface area (Å²) < 4.78 is 53.7. The Morgan fingerprint density at radius 1 is 1.26 bits per heavy atom. The number of carbonyl (C=O) groups excluding carboxylic acids is 1. The highest BCUT2D eigenvalue weighted by molar-refractivity contribution is 7.52. The maximum Gasteiger partial charge on any atom is 0.459 e. The number of rotatable bonds is 12. The van der Waals surface area contributed by atoms with Crippen LogP contribution in [0.3, 0.4) is 0 Å². The highest BCUT2D eigenvalue weighted by Crippen LogP contribution is 2.48. The average molecular weight is 610 g/mol. The molecule has 1 fully saturated rings. The molecule has 0 bridgehead atoms. The topological polar surface area (TPSA) is 162 Å². The molecule has 16 heteroatoms. The van der Waals surface area contributed by atoms with Gasteiger partial charge in [-0.3, -0.25) is 13.9 Å². The number of para-hydroxylation sites is 1. The quantitative estimate of drug-likeness (QED) is 0.203. The Kier molecular flexibility index (Phi) is 9.38. The molecule has 3 heterocycles. The third kappa shape index (κ3) is 6.65. The molecule has 2 aromatic heterocycles. The molecule has 1 saturated heterocycles. The van der Waals surface area contributed by atoms with E-state index in [2.05, 4.69) is 25.4 Å². The zero-order chi connectivity index (χ0) is 30.8. The van der Waals surface area contributed by atoms with Crippen LogP contribution in [-0.2, 0) is 23.4 Å². The van der Waals surface area contributed by atoms with Crippen LogP contribution in [0.4, 0.5) is 16.2 Å². The molecule has 14 nitrogen and oxygen atoms in total. The summed E-state index contributed by atoms with van der Waals surface area (Å²) in [5.74, 6) is 0.297. The summed E-state index contributed by atoms with van der Waals surface area (Å²) in [6, 6.07) is 7.10. The minimum absolute atomic E-state index is 0.195. The molecule has 1 aliphatic heterocycles. The van der Waals surface area contributed by atoms with E-state index in [0.717, 1.165) is 0 Å². The average Bonchev–Trinajstić information content (AvgIpc) is 3.44. The highest BCUT2D eigenvalue weighted by atomic mass is 31.2. The first kappa shape index (κ1) is 31.6. The first-order valence-electron chi connectivity index (χ1n) is 13.3. The second-order valence-corrected chi connectivity index (χ2v) is 12.2. The number of benzene rings is 1. The van der Waals surface area contributed by atoms with Crippen molar-refractivity contribution in [2.45, 2.75) is 63.9 Å². The Bertz CT molecular complexity index is 1440. The lowest BCUT2D eigenvalue weighted by Crippen LogP contribution is -2.41. The van der Waals surface area contributed by atoms with E-state index in [4.69, 9.17) is 18.5 Å². The smallest absolute Gasteiger partial charge is 0.459 e. The largest absolute Gasteiger partial charge is 0.462 e. The summed E-state index contributed by atoms with van der Waals surface area (Å²) in [6.45, 7) is 5.44. The molecule has 0 aliphatic carbocycles. The fourth-order valence-corrected chi connectivity index (χ4v) is 5.86. The predicted octanol–water partition coefficient (Wildman–Crippen LogP) is 3.05. The molecule has 6 atom stereocenters. The minimum atomic E-state index is -4.28. The molecular weight excluding hydrogens is 572 g/mol. The van der Waals surface area contributed by atoms with E-state index >= 15 is 4.39 Å². The number of aliphatic hydroxyl groups is 1. The lowest BCUT2D eigenvalue weighted by atomic mass is 9.98. The molecule has 0 saturated carbocycles. The Labute approximate surface area is 243 Å². The number of imidazole rings is 1. The van der Waals surface area contributed by atoms with Crippen molar-refractivity contribution in [3.63, 3.8) is 0 Å². The van der Waals surface area contributed by atoms with Gasteiger partial charge >= 0.3 is 13.7 Å². The number of ether oxygens (including phenoxy) is 2. The maximum atomic E-state index is 16.1. The van der Waals surface area contributed by atoms with Gasteiger partial charge in [-0.15, -0.1) is 0 Å².